The predicted molar refractivity (Wildman–Crippen MR) is 51.1 cm³/mol. The summed E-state index contributed by atoms with van der Waals surface area (Å²) >= 11 is 3.57. The lowest BCUT2D eigenvalue weighted by molar-refractivity contribution is -0.106. The number of thiol groups is 1. The van der Waals surface area contributed by atoms with Crippen LogP contribution in [0, 0.1) is 0 Å². The van der Waals surface area contributed by atoms with Crippen molar-refractivity contribution >= 4 is 23.8 Å². The molecule has 0 saturated carbocycles. The van der Waals surface area contributed by atoms with Crippen molar-refractivity contribution in [2.45, 2.75) is 0 Å². The highest BCUT2D eigenvalue weighted by Gasteiger charge is 1.88. The van der Waals surface area contributed by atoms with Crippen LogP contribution in [0.1, 0.15) is 5.56 Å². The number of carbonyl (C=O) groups excluding carboxylic acids is 1. The van der Waals surface area contributed by atoms with Crippen LogP contribution in [0.2, 0.25) is 0 Å². The van der Waals surface area contributed by atoms with Gasteiger partial charge in [0.25, 0.3) is 0 Å². The molecule has 0 aromatic heterocycles. The van der Waals surface area contributed by atoms with Gasteiger partial charge in [-0.2, -0.15) is 0 Å². The minimum Gasteiger partial charge on any atom is -0.508 e. The molecule has 3 heteroatoms. The molecule has 0 heterocycles. The maximum absolute atomic E-state index is 10.4. The summed E-state index contributed by atoms with van der Waals surface area (Å²) < 4.78 is 0. The quantitative estimate of drug-likeness (QED) is 0.538. The Morgan fingerprint density at radius 3 is 2.42 bits per heavy atom. The van der Waals surface area contributed by atoms with Crippen molar-refractivity contribution in [3.8, 4) is 5.75 Å². The third-order valence-electron chi connectivity index (χ3n) is 1.31. The Bertz CT molecular complexity index is 301. The first-order valence-corrected chi connectivity index (χ1v) is 3.83. The number of carbonyl (C=O) groups is 1. The maximum atomic E-state index is 10.4. The van der Waals surface area contributed by atoms with Crippen LogP contribution in [0.3, 0.4) is 0 Å². The van der Waals surface area contributed by atoms with Gasteiger partial charge >= 0.3 is 0 Å². The average Bonchev–Trinajstić information content (AvgIpc) is 2.03. The molecule has 2 nitrogen and oxygen atoms in total. The van der Waals surface area contributed by atoms with Gasteiger partial charge in [-0.15, -0.1) is 12.6 Å². The topological polar surface area (TPSA) is 37.3 Å². The second-order valence-electron chi connectivity index (χ2n) is 2.26. The summed E-state index contributed by atoms with van der Waals surface area (Å²) in [6, 6.07) is 6.54. The first kappa shape index (κ1) is 8.87. The summed E-state index contributed by atoms with van der Waals surface area (Å²) in [6.07, 6.45) is 2.99. The molecule has 0 radical (unpaired) electrons. The van der Waals surface area contributed by atoms with E-state index in [0.717, 1.165) is 5.56 Å². The molecule has 62 valence electrons. The van der Waals surface area contributed by atoms with Crippen LogP contribution in [0.5, 0.6) is 5.75 Å². The molecule has 12 heavy (non-hydrogen) atoms. The van der Waals surface area contributed by atoms with Crippen molar-refractivity contribution in [3.05, 3.63) is 35.9 Å². The van der Waals surface area contributed by atoms with Crippen LogP contribution in [0.25, 0.3) is 6.08 Å². The smallest absolute Gasteiger partial charge is 0.209 e. The Hall–Kier alpha value is -1.22. The third kappa shape index (κ3) is 2.80. The lowest BCUT2D eigenvalue weighted by Gasteiger charge is -1.92. The van der Waals surface area contributed by atoms with E-state index in [1.54, 1.807) is 30.3 Å². The summed E-state index contributed by atoms with van der Waals surface area (Å²) in [5, 5.41) is 8.64. The van der Waals surface area contributed by atoms with E-state index in [-0.39, 0.29) is 10.9 Å². The highest BCUT2D eigenvalue weighted by molar-refractivity contribution is 7.97. The van der Waals surface area contributed by atoms with Crippen LogP contribution in [-0.2, 0) is 4.79 Å². The molecular weight excluding hydrogens is 172 g/mol. The lowest BCUT2D eigenvalue weighted by atomic mass is 10.2. The van der Waals surface area contributed by atoms with E-state index < -0.39 is 0 Å². The SMILES string of the molecule is O=C(S)/C=C\c1ccc(O)cc1. The monoisotopic (exact) mass is 180 g/mol. The largest absolute Gasteiger partial charge is 0.508 e. The Kier molecular flexibility index (Phi) is 2.94. The van der Waals surface area contributed by atoms with Crippen molar-refractivity contribution in [1.82, 2.24) is 0 Å². The highest BCUT2D eigenvalue weighted by atomic mass is 32.1. The number of hydrogen-bond donors (Lipinski definition) is 2. The number of phenols is 1. The van der Waals surface area contributed by atoms with Gasteiger partial charge in [0.15, 0.2) is 0 Å². The summed E-state index contributed by atoms with van der Waals surface area (Å²) in [7, 11) is 0. The van der Waals surface area contributed by atoms with Crippen LogP contribution >= 0.6 is 12.6 Å². The molecule has 0 aliphatic carbocycles. The van der Waals surface area contributed by atoms with E-state index in [0.29, 0.717) is 0 Å². The van der Waals surface area contributed by atoms with E-state index in [1.807, 2.05) is 0 Å². The van der Waals surface area contributed by atoms with Gasteiger partial charge < -0.3 is 5.11 Å². The molecule has 0 unspecified atom stereocenters. The van der Waals surface area contributed by atoms with Gasteiger partial charge in [0.2, 0.25) is 5.12 Å². The molecule has 1 rings (SSSR count). The predicted octanol–water partition coefficient (Wildman–Crippen LogP) is 1.86. The van der Waals surface area contributed by atoms with E-state index in [4.69, 9.17) is 5.11 Å². The molecular formula is C9H8O2S. The third-order valence-corrected chi connectivity index (χ3v) is 1.46. The Morgan fingerprint density at radius 2 is 1.92 bits per heavy atom. The van der Waals surface area contributed by atoms with E-state index >= 15 is 0 Å². The zero-order valence-electron chi connectivity index (χ0n) is 6.27. The zero-order chi connectivity index (χ0) is 8.97. The first-order valence-electron chi connectivity index (χ1n) is 3.38. The number of benzene rings is 1. The van der Waals surface area contributed by atoms with Crippen molar-refractivity contribution in [3.63, 3.8) is 0 Å². The molecule has 1 aromatic carbocycles. The minimum absolute atomic E-state index is 0.212. The van der Waals surface area contributed by atoms with Crippen LogP contribution in [0.4, 0.5) is 0 Å². The van der Waals surface area contributed by atoms with Crippen LogP contribution < -0.4 is 0 Å². The summed E-state index contributed by atoms with van der Waals surface area (Å²) in [4.78, 5) is 10.4. The normalized spacial score (nSPS) is 10.4. The molecule has 1 N–H and O–H groups in total. The molecule has 0 aliphatic heterocycles. The van der Waals surface area contributed by atoms with Gasteiger partial charge in [-0.25, -0.2) is 0 Å². The van der Waals surface area contributed by atoms with E-state index in [2.05, 4.69) is 12.6 Å². The Balaban J connectivity index is 2.77. The summed E-state index contributed by atoms with van der Waals surface area (Å²) in [5.74, 6) is 0.212. The number of rotatable bonds is 2. The zero-order valence-corrected chi connectivity index (χ0v) is 7.16. The second-order valence-corrected chi connectivity index (χ2v) is 2.70. The van der Waals surface area contributed by atoms with Crippen LogP contribution in [0.15, 0.2) is 30.3 Å². The van der Waals surface area contributed by atoms with Gasteiger partial charge in [-0.1, -0.05) is 18.2 Å². The van der Waals surface area contributed by atoms with Crippen molar-refractivity contribution in [2.24, 2.45) is 0 Å². The fraction of sp³-hybridized carbons (Fsp3) is 0. The maximum Gasteiger partial charge on any atom is 0.209 e. The van der Waals surface area contributed by atoms with Crippen molar-refractivity contribution in [1.29, 1.82) is 0 Å². The van der Waals surface area contributed by atoms with Crippen LogP contribution in [-0.4, -0.2) is 10.2 Å². The van der Waals surface area contributed by atoms with Gasteiger partial charge in [0.1, 0.15) is 5.75 Å². The number of hydrogen-bond acceptors (Lipinski definition) is 2. The number of aromatic hydroxyl groups is 1. The average molecular weight is 180 g/mol. The Labute approximate surface area is 75.9 Å². The molecule has 0 aliphatic rings. The van der Waals surface area contributed by atoms with Crippen molar-refractivity contribution in [2.75, 3.05) is 0 Å². The number of phenolic OH excluding ortho intramolecular Hbond substituents is 1. The summed E-state index contributed by atoms with van der Waals surface area (Å²) in [6.45, 7) is 0. The van der Waals surface area contributed by atoms with E-state index in [1.165, 1.54) is 6.08 Å². The fourth-order valence-corrected chi connectivity index (χ4v) is 0.827. The molecule has 0 saturated heterocycles. The Morgan fingerprint density at radius 1 is 1.33 bits per heavy atom. The molecule has 0 bridgehead atoms. The second kappa shape index (κ2) is 3.97. The van der Waals surface area contributed by atoms with E-state index in [9.17, 15) is 4.79 Å². The first-order chi connectivity index (χ1) is 5.68. The molecule has 0 fully saturated rings. The highest BCUT2D eigenvalue weighted by Crippen LogP contribution is 2.10. The minimum atomic E-state index is -0.289. The van der Waals surface area contributed by atoms with Gasteiger partial charge in [0.05, 0.1) is 0 Å². The molecule has 0 amide bonds. The fourth-order valence-electron chi connectivity index (χ4n) is 0.753. The van der Waals surface area contributed by atoms with Gasteiger partial charge in [-0.3, -0.25) is 4.79 Å². The standard InChI is InChI=1S/C9H8O2S/c10-8-4-1-7(2-5-8)3-6-9(11)12/h1-6,10H,(H,11,12)/b6-3-. The molecule has 1 aromatic rings. The van der Waals surface area contributed by atoms with Gasteiger partial charge in [-0.05, 0) is 23.8 Å². The lowest BCUT2D eigenvalue weighted by Crippen LogP contribution is -1.75. The summed E-state index contributed by atoms with van der Waals surface area (Å²) in [5.41, 5.74) is 0.857. The molecule has 0 spiro atoms. The van der Waals surface area contributed by atoms with Gasteiger partial charge in [0, 0.05) is 0 Å². The van der Waals surface area contributed by atoms with Crippen molar-refractivity contribution < 1.29 is 9.90 Å². The molecule has 0 atom stereocenters.